The van der Waals surface area contributed by atoms with Gasteiger partial charge in [-0.3, -0.25) is 0 Å². The van der Waals surface area contributed by atoms with E-state index in [1.54, 1.807) is 0 Å². The molecule has 0 bridgehead atoms. The van der Waals surface area contributed by atoms with E-state index in [1.165, 1.54) is 13.0 Å². The highest BCUT2D eigenvalue weighted by Crippen LogP contribution is 2.19. The second-order valence-corrected chi connectivity index (χ2v) is 3.13. The van der Waals surface area contributed by atoms with Gasteiger partial charge in [-0.1, -0.05) is 0 Å². The third kappa shape index (κ3) is 1.43. The third-order valence-electron chi connectivity index (χ3n) is 2.31. The molecule has 1 aliphatic rings. The van der Waals surface area contributed by atoms with Crippen LogP contribution in [-0.4, -0.2) is 31.1 Å². The fourth-order valence-corrected chi connectivity index (χ4v) is 1.49. The minimum atomic E-state index is 0.749. The highest BCUT2D eigenvalue weighted by molar-refractivity contribution is 4.79. The van der Waals surface area contributed by atoms with Crippen LogP contribution < -0.4 is 5.73 Å². The first-order valence-corrected chi connectivity index (χ1v) is 3.64. The van der Waals surface area contributed by atoms with Gasteiger partial charge in [0.25, 0.3) is 0 Å². The predicted molar refractivity (Wildman–Crippen MR) is 39.3 cm³/mol. The van der Waals surface area contributed by atoms with Crippen molar-refractivity contribution in [3.63, 3.8) is 0 Å². The lowest BCUT2D eigenvalue weighted by Crippen LogP contribution is -2.22. The standard InChI is InChI=1S/C7H16N2/c1-6-3-7(4-8)5-9(6)2/h6-7H,3-5,8H2,1-2H3/t6?,7-/m1/s1. The largest absolute Gasteiger partial charge is 0.330 e. The summed E-state index contributed by atoms with van der Waals surface area (Å²) in [5.74, 6) is 0.755. The quantitative estimate of drug-likeness (QED) is 0.550. The molecule has 1 rings (SSSR count). The van der Waals surface area contributed by atoms with Crippen molar-refractivity contribution in [2.24, 2.45) is 11.7 Å². The molecule has 2 nitrogen and oxygen atoms in total. The molecule has 9 heavy (non-hydrogen) atoms. The highest BCUT2D eigenvalue weighted by atomic mass is 15.1. The van der Waals surface area contributed by atoms with Gasteiger partial charge < -0.3 is 10.6 Å². The lowest BCUT2D eigenvalue weighted by Gasteiger charge is -2.12. The van der Waals surface area contributed by atoms with Crippen molar-refractivity contribution in [1.82, 2.24) is 4.90 Å². The first kappa shape index (κ1) is 7.03. The molecule has 0 aromatic heterocycles. The summed E-state index contributed by atoms with van der Waals surface area (Å²) in [4.78, 5) is 2.37. The van der Waals surface area contributed by atoms with Crippen molar-refractivity contribution >= 4 is 0 Å². The van der Waals surface area contributed by atoms with Crippen LogP contribution in [-0.2, 0) is 0 Å². The van der Waals surface area contributed by atoms with E-state index in [0.717, 1.165) is 18.5 Å². The van der Waals surface area contributed by atoms with Gasteiger partial charge in [-0.15, -0.1) is 0 Å². The Balaban J connectivity index is 2.35. The van der Waals surface area contributed by atoms with Crippen molar-refractivity contribution in [3.8, 4) is 0 Å². The van der Waals surface area contributed by atoms with Gasteiger partial charge in [0, 0.05) is 12.6 Å². The zero-order valence-electron chi connectivity index (χ0n) is 6.30. The van der Waals surface area contributed by atoms with Crippen molar-refractivity contribution in [2.75, 3.05) is 20.1 Å². The van der Waals surface area contributed by atoms with E-state index >= 15 is 0 Å². The third-order valence-corrected chi connectivity index (χ3v) is 2.31. The van der Waals surface area contributed by atoms with E-state index in [9.17, 15) is 0 Å². The summed E-state index contributed by atoms with van der Waals surface area (Å²) in [7, 11) is 2.17. The minimum Gasteiger partial charge on any atom is -0.330 e. The summed E-state index contributed by atoms with van der Waals surface area (Å²) in [5, 5.41) is 0. The van der Waals surface area contributed by atoms with Crippen LogP contribution in [0.1, 0.15) is 13.3 Å². The fourth-order valence-electron chi connectivity index (χ4n) is 1.49. The summed E-state index contributed by atoms with van der Waals surface area (Å²) in [6.07, 6.45) is 1.28. The average molecular weight is 128 g/mol. The van der Waals surface area contributed by atoms with Crippen LogP contribution in [0.2, 0.25) is 0 Å². The highest BCUT2D eigenvalue weighted by Gasteiger charge is 2.24. The number of nitrogens with two attached hydrogens (primary N) is 1. The Labute approximate surface area is 57.0 Å². The Morgan fingerprint density at radius 3 is 2.56 bits per heavy atom. The summed E-state index contributed by atoms with van der Waals surface area (Å²) in [6.45, 7) is 4.31. The molecule has 1 heterocycles. The van der Waals surface area contributed by atoms with E-state index in [2.05, 4.69) is 18.9 Å². The first-order valence-electron chi connectivity index (χ1n) is 3.64. The Hall–Kier alpha value is -0.0800. The Morgan fingerprint density at radius 2 is 2.33 bits per heavy atom. The maximum Gasteiger partial charge on any atom is 0.00675 e. The van der Waals surface area contributed by atoms with Crippen LogP contribution in [0, 0.1) is 5.92 Å². The van der Waals surface area contributed by atoms with Gasteiger partial charge in [-0.05, 0) is 32.9 Å². The second-order valence-electron chi connectivity index (χ2n) is 3.13. The molecule has 2 N–H and O–H groups in total. The predicted octanol–water partition coefficient (Wildman–Crippen LogP) is 0.285. The molecule has 2 heteroatoms. The zero-order chi connectivity index (χ0) is 6.85. The average Bonchev–Trinajstić information content (AvgIpc) is 2.13. The normalized spacial score (nSPS) is 37.7. The molecule has 0 spiro atoms. The summed E-state index contributed by atoms with van der Waals surface area (Å²) < 4.78 is 0. The van der Waals surface area contributed by atoms with Gasteiger partial charge in [0.1, 0.15) is 0 Å². The maximum atomic E-state index is 5.53. The van der Waals surface area contributed by atoms with Crippen molar-refractivity contribution in [1.29, 1.82) is 0 Å². The number of nitrogens with zero attached hydrogens (tertiary/aromatic N) is 1. The van der Waals surface area contributed by atoms with Gasteiger partial charge in [-0.2, -0.15) is 0 Å². The topological polar surface area (TPSA) is 29.3 Å². The molecule has 0 aromatic rings. The molecule has 0 amide bonds. The molecule has 0 saturated carbocycles. The molecule has 1 aliphatic heterocycles. The zero-order valence-corrected chi connectivity index (χ0v) is 6.30. The lowest BCUT2D eigenvalue weighted by atomic mass is 10.1. The summed E-state index contributed by atoms with van der Waals surface area (Å²) in [6, 6.07) is 0.749. The molecule has 2 atom stereocenters. The molecule has 0 aromatic carbocycles. The van der Waals surface area contributed by atoms with Crippen molar-refractivity contribution in [3.05, 3.63) is 0 Å². The minimum absolute atomic E-state index is 0.749. The monoisotopic (exact) mass is 128 g/mol. The van der Waals surface area contributed by atoms with Gasteiger partial charge in [0.05, 0.1) is 0 Å². The lowest BCUT2D eigenvalue weighted by molar-refractivity contribution is 0.326. The van der Waals surface area contributed by atoms with Crippen LogP contribution in [0.3, 0.4) is 0 Å². The molecule has 1 fully saturated rings. The number of rotatable bonds is 1. The smallest absolute Gasteiger partial charge is 0.00675 e. The van der Waals surface area contributed by atoms with Crippen LogP contribution in [0.15, 0.2) is 0 Å². The van der Waals surface area contributed by atoms with Gasteiger partial charge >= 0.3 is 0 Å². The Bertz CT molecular complexity index is 82.9. The van der Waals surface area contributed by atoms with Crippen LogP contribution >= 0.6 is 0 Å². The van der Waals surface area contributed by atoms with Crippen LogP contribution in [0.25, 0.3) is 0 Å². The van der Waals surface area contributed by atoms with Gasteiger partial charge in [0.15, 0.2) is 0 Å². The number of hydrogen-bond donors (Lipinski definition) is 1. The van der Waals surface area contributed by atoms with E-state index < -0.39 is 0 Å². The number of hydrogen-bond acceptors (Lipinski definition) is 2. The molecular formula is C7H16N2. The van der Waals surface area contributed by atoms with Gasteiger partial charge in [0.2, 0.25) is 0 Å². The molecule has 1 unspecified atom stereocenters. The molecule has 0 aliphatic carbocycles. The maximum absolute atomic E-state index is 5.53. The first-order chi connectivity index (χ1) is 4.24. The van der Waals surface area contributed by atoms with E-state index in [0.29, 0.717) is 0 Å². The SMILES string of the molecule is CC1C[C@H](CN)CN1C. The Morgan fingerprint density at radius 1 is 1.67 bits per heavy atom. The second kappa shape index (κ2) is 2.67. The van der Waals surface area contributed by atoms with Crippen molar-refractivity contribution in [2.45, 2.75) is 19.4 Å². The molecular weight excluding hydrogens is 112 g/mol. The fraction of sp³-hybridized carbons (Fsp3) is 1.00. The van der Waals surface area contributed by atoms with Crippen LogP contribution in [0.5, 0.6) is 0 Å². The van der Waals surface area contributed by atoms with Crippen LogP contribution in [0.4, 0.5) is 0 Å². The molecule has 0 radical (unpaired) electrons. The van der Waals surface area contributed by atoms with E-state index in [1.807, 2.05) is 0 Å². The van der Waals surface area contributed by atoms with E-state index in [-0.39, 0.29) is 0 Å². The van der Waals surface area contributed by atoms with E-state index in [4.69, 9.17) is 5.73 Å². The van der Waals surface area contributed by atoms with Crippen molar-refractivity contribution < 1.29 is 0 Å². The molecule has 1 saturated heterocycles. The Kier molecular flexibility index (Phi) is 2.09. The summed E-state index contributed by atoms with van der Waals surface area (Å²) in [5.41, 5.74) is 5.53. The molecule has 54 valence electrons. The number of likely N-dealkylation sites (tertiary alicyclic amines) is 1. The summed E-state index contributed by atoms with van der Waals surface area (Å²) >= 11 is 0. The van der Waals surface area contributed by atoms with Gasteiger partial charge in [-0.25, -0.2) is 0 Å².